The zero-order valence-corrected chi connectivity index (χ0v) is 18.7. The van der Waals surface area contributed by atoms with E-state index in [9.17, 15) is 0 Å². The van der Waals surface area contributed by atoms with Gasteiger partial charge in [0.2, 0.25) is 0 Å². The van der Waals surface area contributed by atoms with E-state index in [0.29, 0.717) is 12.6 Å². The fourth-order valence-corrected chi connectivity index (χ4v) is 3.37. The second-order valence-electron chi connectivity index (χ2n) is 6.70. The van der Waals surface area contributed by atoms with E-state index in [-0.39, 0.29) is 24.0 Å². The molecule has 0 amide bonds. The molecule has 1 unspecified atom stereocenters. The van der Waals surface area contributed by atoms with Gasteiger partial charge in [-0.25, -0.2) is 0 Å². The molecule has 0 spiro atoms. The molecule has 1 saturated heterocycles. The molecular formula is C19H30IN7. The van der Waals surface area contributed by atoms with Crippen LogP contribution in [0.2, 0.25) is 0 Å². The van der Waals surface area contributed by atoms with Crippen molar-refractivity contribution in [3.63, 3.8) is 0 Å². The molecule has 1 aliphatic heterocycles. The van der Waals surface area contributed by atoms with E-state index in [1.54, 1.807) is 7.05 Å². The van der Waals surface area contributed by atoms with Crippen molar-refractivity contribution >= 4 is 29.9 Å². The Labute approximate surface area is 178 Å². The highest BCUT2D eigenvalue weighted by Gasteiger charge is 2.23. The van der Waals surface area contributed by atoms with Crippen molar-refractivity contribution in [2.45, 2.75) is 32.4 Å². The van der Waals surface area contributed by atoms with Crippen molar-refractivity contribution in [1.82, 2.24) is 30.3 Å². The van der Waals surface area contributed by atoms with Gasteiger partial charge in [-0.05, 0) is 38.4 Å². The molecular weight excluding hydrogens is 453 g/mol. The number of hydrogen-bond acceptors (Lipinski definition) is 4. The molecule has 2 heterocycles. The lowest BCUT2D eigenvalue weighted by atomic mass is 10.1. The van der Waals surface area contributed by atoms with Crippen LogP contribution in [0.5, 0.6) is 0 Å². The standard InChI is InChI=1S/C19H29N7.HI/c1-15-23-24-18(25(15)3)14-22-19(20-2)21-13-17(26-11-7-8-12-26)16-9-5-4-6-10-16;/h4-6,9-10,17H,7-8,11-14H2,1-3H3,(H2,20,21,22);1H. The summed E-state index contributed by atoms with van der Waals surface area (Å²) in [4.78, 5) is 6.91. The van der Waals surface area contributed by atoms with Crippen LogP contribution >= 0.6 is 24.0 Å². The SMILES string of the molecule is CN=C(NCc1nnc(C)n1C)NCC(c1ccccc1)N1CCCC1.I. The van der Waals surface area contributed by atoms with Crippen molar-refractivity contribution < 1.29 is 0 Å². The number of benzene rings is 1. The maximum Gasteiger partial charge on any atom is 0.191 e. The summed E-state index contributed by atoms with van der Waals surface area (Å²) >= 11 is 0. The Bertz CT molecular complexity index is 723. The molecule has 27 heavy (non-hydrogen) atoms. The Balaban J connectivity index is 0.00000261. The minimum Gasteiger partial charge on any atom is -0.354 e. The van der Waals surface area contributed by atoms with E-state index in [1.807, 2.05) is 18.5 Å². The summed E-state index contributed by atoms with van der Waals surface area (Å²) in [6.45, 7) is 5.68. The Morgan fingerprint density at radius 2 is 1.85 bits per heavy atom. The third kappa shape index (κ3) is 5.65. The van der Waals surface area contributed by atoms with Gasteiger partial charge < -0.3 is 15.2 Å². The molecule has 0 saturated carbocycles. The lowest BCUT2D eigenvalue weighted by molar-refractivity contribution is 0.245. The van der Waals surface area contributed by atoms with Crippen LogP contribution in [0.25, 0.3) is 0 Å². The Morgan fingerprint density at radius 3 is 2.44 bits per heavy atom. The molecule has 2 aromatic rings. The molecule has 2 N–H and O–H groups in total. The molecule has 1 aromatic carbocycles. The molecule has 148 valence electrons. The average Bonchev–Trinajstić information content (AvgIpc) is 3.31. The van der Waals surface area contributed by atoms with Gasteiger partial charge in [-0.3, -0.25) is 9.89 Å². The Morgan fingerprint density at radius 1 is 1.15 bits per heavy atom. The van der Waals surface area contributed by atoms with Gasteiger partial charge >= 0.3 is 0 Å². The molecule has 1 fully saturated rings. The number of guanidine groups is 1. The zero-order chi connectivity index (χ0) is 18.4. The maximum absolute atomic E-state index is 4.35. The molecule has 8 heteroatoms. The number of aromatic nitrogens is 3. The van der Waals surface area contributed by atoms with Crippen LogP contribution in [0.3, 0.4) is 0 Å². The normalized spacial score (nSPS) is 16.0. The van der Waals surface area contributed by atoms with E-state index in [2.05, 4.69) is 61.1 Å². The smallest absolute Gasteiger partial charge is 0.191 e. The first-order valence-electron chi connectivity index (χ1n) is 9.27. The van der Waals surface area contributed by atoms with E-state index in [0.717, 1.165) is 37.2 Å². The molecule has 3 rings (SSSR count). The average molecular weight is 483 g/mol. The van der Waals surface area contributed by atoms with Gasteiger partial charge in [-0.15, -0.1) is 34.2 Å². The van der Waals surface area contributed by atoms with Gasteiger partial charge in [-0.1, -0.05) is 30.3 Å². The van der Waals surface area contributed by atoms with Crippen molar-refractivity contribution in [3.8, 4) is 0 Å². The van der Waals surface area contributed by atoms with E-state index < -0.39 is 0 Å². The minimum absolute atomic E-state index is 0. The highest BCUT2D eigenvalue weighted by atomic mass is 127. The van der Waals surface area contributed by atoms with Crippen LogP contribution in [0.15, 0.2) is 35.3 Å². The van der Waals surface area contributed by atoms with Gasteiger partial charge in [0.05, 0.1) is 12.6 Å². The summed E-state index contributed by atoms with van der Waals surface area (Å²) < 4.78 is 1.98. The summed E-state index contributed by atoms with van der Waals surface area (Å²) in [6, 6.07) is 11.1. The van der Waals surface area contributed by atoms with Crippen LogP contribution in [-0.2, 0) is 13.6 Å². The molecule has 1 aromatic heterocycles. The first-order chi connectivity index (χ1) is 12.7. The number of aryl methyl sites for hydroxylation is 1. The zero-order valence-electron chi connectivity index (χ0n) is 16.4. The second kappa shape index (κ2) is 10.6. The first kappa shape index (κ1) is 21.6. The third-order valence-corrected chi connectivity index (χ3v) is 5.05. The van der Waals surface area contributed by atoms with Crippen LogP contribution in [0, 0.1) is 6.92 Å². The summed E-state index contributed by atoms with van der Waals surface area (Å²) in [5, 5.41) is 15.1. The number of nitrogens with one attached hydrogen (secondary N) is 2. The van der Waals surface area contributed by atoms with E-state index in [4.69, 9.17) is 0 Å². The fraction of sp³-hybridized carbons (Fsp3) is 0.526. The molecule has 0 radical (unpaired) electrons. The van der Waals surface area contributed by atoms with Crippen molar-refractivity contribution in [3.05, 3.63) is 47.5 Å². The molecule has 1 atom stereocenters. The van der Waals surface area contributed by atoms with Crippen molar-refractivity contribution in [2.75, 3.05) is 26.7 Å². The summed E-state index contributed by atoms with van der Waals surface area (Å²) in [7, 11) is 3.77. The summed E-state index contributed by atoms with van der Waals surface area (Å²) in [5.41, 5.74) is 1.35. The minimum atomic E-state index is 0. The number of halogens is 1. The summed E-state index contributed by atoms with van der Waals surface area (Å²) in [6.07, 6.45) is 2.56. The monoisotopic (exact) mass is 483 g/mol. The van der Waals surface area contributed by atoms with Crippen molar-refractivity contribution in [2.24, 2.45) is 12.0 Å². The largest absolute Gasteiger partial charge is 0.354 e. The molecule has 1 aliphatic rings. The molecule has 0 aliphatic carbocycles. The lowest BCUT2D eigenvalue weighted by Crippen LogP contribution is -2.42. The van der Waals surface area contributed by atoms with E-state index >= 15 is 0 Å². The highest BCUT2D eigenvalue weighted by Crippen LogP contribution is 2.24. The number of likely N-dealkylation sites (tertiary alicyclic amines) is 1. The van der Waals surface area contributed by atoms with Gasteiger partial charge in [-0.2, -0.15) is 0 Å². The predicted molar refractivity (Wildman–Crippen MR) is 119 cm³/mol. The third-order valence-electron chi connectivity index (χ3n) is 5.05. The predicted octanol–water partition coefficient (Wildman–Crippen LogP) is 2.24. The van der Waals surface area contributed by atoms with Crippen LogP contribution in [-0.4, -0.2) is 52.3 Å². The molecule has 0 bridgehead atoms. The van der Waals surface area contributed by atoms with Gasteiger partial charge in [0.15, 0.2) is 11.8 Å². The topological polar surface area (TPSA) is 70.4 Å². The summed E-state index contributed by atoms with van der Waals surface area (Å²) in [5.74, 6) is 2.58. The fourth-order valence-electron chi connectivity index (χ4n) is 3.37. The van der Waals surface area contributed by atoms with E-state index in [1.165, 1.54) is 18.4 Å². The number of aliphatic imine (C=N–C) groups is 1. The van der Waals surface area contributed by atoms with Crippen LogP contribution < -0.4 is 10.6 Å². The number of rotatable bonds is 6. The van der Waals surface area contributed by atoms with Crippen LogP contribution in [0.1, 0.15) is 36.1 Å². The maximum atomic E-state index is 4.35. The van der Waals surface area contributed by atoms with Gasteiger partial charge in [0.25, 0.3) is 0 Å². The quantitative estimate of drug-likeness (QED) is 0.375. The molecule has 7 nitrogen and oxygen atoms in total. The first-order valence-corrected chi connectivity index (χ1v) is 9.27. The number of hydrogen-bond donors (Lipinski definition) is 2. The number of nitrogens with zero attached hydrogens (tertiary/aromatic N) is 5. The van der Waals surface area contributed by atoms with Gasteiger partial charge in [0.1, 0.15) is 5.82 Å². The van der Waals surface area contributed by atoms with Gasteiger partial charge in [0, 0.05) is 20.6 Å². The van der Waals surface area contributed by atoms with Crippen LogP contribution in [0.4, 0.5) is 0 Å². The lowest BCUT2D eigenvalue weighted by Gasteiger charge is -2.28. The second-order valence-corrected chi connectivity index (χ2v) is 6.70. The Kier molecular flexibility index (Phi) is 8.49. The van der Waals surface area contributed by atoms with Crippen molar-refractivity contribution in [1.29, 1.82) is 0 Å². The Hall–Kier alpha value is -1.68. The highest BCUT2D eigenvalue weighted by molar-refractivity contribution is 14.0.